The molecule has 21 heavy (non-hydrogen) atoms. The van der Waals surface area contributed by atoms with Crippen LogP contribution in [0.3, 0.4) is 0 Å². The summed E-state index contributed by atoms with van der Waals surface area (Å²) in [5, 5.41) is 11.7. The standard InChI is InChI=1S/C15H13N3O3/c19-14(18-13-3-1-2-4-16-13)10-5-9-6-11(15(20)21)8-17-12(9)7-10/h1-4,6,8,10H,5,7H2,(H,20,21)(H,16,18,19). The first-order chi connectivity index (χ1) is 10.1. The number of carboxylic acid groups (broad SMARTS) is 1. The average Bonchev–Trinajstić information content (AvgIpc) is 2.91. The third-order valence-electron chi connectivity index (χ3n) is 3.50. The largest absolute Gasteiger partial charge is 0.478 e. The van der Waals surface area contributed by atoms with Gasteiger partial charge in [-0.1, -0.05) is 6.07 Å². The number of carbonyl (C=O) groups is 2. The van der Waals surface area contributed by atoms with E-state index >= 15 is 0 Å². The van der Waals surface area contributed by atoms with E-state index in [1.165, 1.54) is 6.20 Å². The minimum absolute atomic E-state index is 0.122. The summed E-state index contributed by atoms with van der Waals surface area (Å²) in [7, 11) is 0. The zero-order chi connectivity index (χ0) is 14.8. The third kappa shape index (κ3) is 2.74. The number of aromatic nitrogens is 2. The number of aromatic carboxylic acids is 1. The number of nitrogens with one attached hydrogen (secondary N) is 1. The molecule has 0 radical (unpaired) electrons. The second-order valence-electron chi connectivity index (χ2n) is 4.94. The smallest absolute Gasteiger partial charge is 0.337 e. The van der Waals surface area contributed by atoms with E-state index in [1.807, 2.05) is 0 Å². The van der Waals surface area contributed by atoms with Crippen LogP contribution in [0.25, 0.3) is 0 Å². The molecule has 1 aliphatic carbocycles. The Kier molecular flexibility index (Phi) is 3.35. The number of amides is 1. The van der Waals surface area contributed by atoms with E-state index in [4.69, 9.17) is 5.11 Å². The van der Waals surface area contributed by atoms with Crippen LogP contribution < -0.4 is 5.32 Å². The van der Waals surface area contributed by atoms with Gasteiger partial charge in [0.15, 0.2) is 0 Å². The van der Waals surface area contributed by atoms with Crippen molar-refractivity contribution < 1.29 is 14.7 Å². The zero-order valence-corrected chi connectivity index (χ0v) is 11.1. The molecular weight excluding hydrogens is 270 g/mol. The maximum atomic E-state index is 12.2. The Labute approximate surface area is 120 Å². The molecule has 0 aromatic carbocycles. The van der Waals surface area contributed by atoms with Crippen molar-refractivity contribution in [3.63, 3.8) is 0 Å². The fourth-order valence-electron chi connectivity index (χ4n) is 2.44. The van der Waals surface area contributed by atoms with E-state index in [0.29, 0.717) is 18.7 Å². The molecule has 2 heterocycles. The summed E-state index contributed by atoms with van der Waals surface area (Å²) in [5.41, 5.74) is 1.77. The summed E-state index contributed by atoms with van der Waals surface area (Å²) in [4.78, 5) is 31.3. The summed E-state index contributed by atoms with van der Waals surface area (Å²) in [6, 6.07) is 6.89. The maximum absolute atomic E-state index is 12.2. The van der Waals surface area contributed by atoms with Crippen LogP contribution in [0.15, 0.2) is 36.7 Å². The van der Waals surface area contributed by atoms with Crippen LogP contribution in [-0.4, -0.2) is 27.0 Å². The molecule has 1 atom stereocenters. The van der Waals surface area contributed by atoms with E-state index in [1.54, 1.807) is 30.5 Å². The minimum atomic E-state index is -1.01. The molecular formula is C15H13N3O3. The molecule has 0 aliphatic heterocycles. The summed E-state index contributed by atoms with van der Waals surface area (Å²) in [5.74, 6) is -0.855. The Morgan fingerprint density at radius 3 is 2.81 bits per heavy atom. The molecule has 0 saturated heterocycles. The summed E-state index contributed by atoms with van der Waals surface area (Å²) in [6.07, 6.45) is 3.97. The number of rotatable bonds is 3. The molecule has 0 saturated carbocycles. The average molecular weight is 283 g/mol. The van der Waals surface area contributed by atoms with Gasteiger partial charge >= 0.3 is 5.97 Å². The number of hydrogen-bond donors (Lipinski definition) is 2. The number of carboxylic acids is 1. The van der Waals surface area contributed by atoms with Gasteiger partial charge in [0.1, 0.15) is 5.82 Å². The number of anilines is 1. The van der Waals surface area contributed by atoms with Crippen molar-refractivity contribution in [2.75, 3.05) is 5.32 Å². The summed E-state index contributed by atoms with van der Waals surface area (Å²) >= 11 is 0. The highest BCUT2D eigenvalue weighted by molar-refractivity contribution is 5.92. The zero-order valence-electron chi connectivity index (χ0n) is 11.1. The van der Waals surface area contributed by atoms with Gasteiger partial charge in [0.25, 0.3) is 0 Å². The first kappa shape index (κ1) is 13.2. The fourth-order valence-corrected chi connectivity index (χ4v) is 2.44. The van der Waals surface area contributed by atoms with E-state index in [9.17, 15) is 9.59 Å². The van der Waals surface area contributed by atoms with Gasteiger partial charge in [0, 0.05) is 30.4 Å². The Bertz CT molecular complexity index is 701. The van der Waals surface area contributed by atoms with Crippen LogP contribution >= 0.6 is 0 Å². The molecule has 106 valence electrons. The number of fused-ring (bicyclic) bond motifs is 1. The van der Waals surface area contributed by atoms with Crippen molar-refractivity contribution in [3.05, 3.63) is 53.5 Å². The lowest BCUT2D eigenvalue weighted by Crippen LogP contribution is -2.23. The normalized spacial score (nSPS) is 16.3. The van der Waals surface area contributed by atoms with Crippen LogP contribution in [0.4, 0.5) is 5.82 Å². The molecule has 2 aromatic rings. The monoisotopic (exact) mass is 283 g/mol. The van der Waals surface area contributed by atoms with Gasteiger partial charge in [-0.25, -0.2) is 9.78 Å². The molecule has 1 unspecified atom stereocenters. The second kappa shape index (κ2) is 5.32. The lowest BCUT2D eigenvalue weighted by molar-refractivity contribution is -0.119. The van der Waals surface area contributed by atoms with Crippen LogP contribution in [-0.2, 0) is 17.6 Å². The lowest BCUT2D eigenvalue weighted by atomic mass is 10.1. The number of carbonyl (C=O) groups excluding carboxylic acids is 1. The maximum Gasteiger partial charge on any atom is 0.337 e. The van der Waals surface area contributed by atoms with Gasteiger partial charge in [0.2, 0.25) is 5.91 Å². The van der Waals surface area contributed by atoms with Crippen molar-refractivity contribution in [2.24, 2.45) is 5.92 Å². The molecule has 6 heteroatoms. The molecule has 0 spiro atoms. The second-order valence-corrected chi connectivity index (χ2v) is 4.94. The topological polar surface area (TPSA) is 92.2 Å². The number of pyridine rings is 2. The number of nitrogens with zero attached hydrogens (tertiary/aromatic N) is 2. The van der Waals surface area contributed by atoms with Gasteiger partial charge in [-0.2, -0.15) is 0 Å². The summed E-state index contributed by atoms with van der Waals surface area (Å²) < 4.78 is 0. The Balaban J connectivity index is 1.72. The highest BCUT2D eigenvalue weighted by Crippen LogP contribution is 2.26. The highest BCUT2D eigenvalue weighted by Gasteiger charge is 2.29. The van der Waals surface area contributed by atoms with Crippen molar-refractivity contribution >= 4 is 17.7 Å². The number of hydrogen-bond acceptors (Lipinski definition) is 4. The minimum Gasteiger partial charge on any atom is -0.478 e. The van der Waals surface area contributed by atoms with Crippen LogP contribution in [0.5, 0.6) is 0 Å². The van der Waals surface area contributed by atoms with Crippen LogP contribution in [0.1, 0.15) is 21.6 Å². The Morgan fingerprint density at radius 1 is 1.24 bits per heavy atom. The first-order valence-electron chi connectivity index (χ1n) is 6.56. The van der Waals surface area contributed by atoms with Crippen molar-refractivity contribution in [2.45, 2.75) is 12.8 Å². The summed E-state index contributed by atoms with van der Waals surface area (Å²) in [6.45, 7) is 0. The van der Waals surface area contributed by atoms with Gasteiger partial charge in [-0.15, -0.1) is 0 Å². The van der Waals surface area contributed by atoms with Crippen molar-refractivity contribution in [1.29, 1.82) is 0 Å². The fraction of sp³-hybridized carbons (Fsp3) is 0.200. The van der Waals surface area contributed by atoms with Crippen LogP contribution in [0.2, 0.25) is 0 Å². The Hall–Kier alpha value is -2.76. The first-order valence-corrected chi connectivity index (χ1v) is 6.56. The molecule has 1 amide bonds. The van der Waals surface area contributed by atoms with E-state index in [-0.39, 0.29) is 17.4 Å². The predicted molar refractivity (Wildman–Crippen MR) is 75.0 cm³/mol. The highest BCUT2D eigenvalue weighted by atomic mass is 16.4. The van der Waals surface area contributed by atoms with Gasteiger partial charge in [0.05, 0.1) is 5.56 Å². The molecule has 3 rings (SSSR count). The Morgan fingerprint density at radius 2 is 2.10 bits per heavy atom. The van der Waals surface area contributed by atoms with Crippen molar-refractivity contribution in [3.8, 4) is 0 Å². The van der Waals surface area contributed by atoms with Gasteiger partial charge < -0.3 is 10.4 Å². The molecule has 0 bridgehead atoms. The van der Waals surface area contributed by atoms with Crippen LogP contribution in [0, 0.1) is 5.92 Å². The lowest BCUT2D eigenvalue weighted by Gasteiger charge is -2.09. The SMILES string of the molecule is O=C(O)c1cnc2c(c1)CC(C(=O)Nc1ccccn1)C2. The van der Waals surface area contributed by atoms with Crippen molar-refractivity contribution in [1.82, 2.24) is 9.97 Å². The molecule has 0 fully saturated rings. The van der Waals surface area contributed by atoms with E-state index in [2.05, 4.69) is 15.3 Å². The molecule has 6 nitrogen and oxygen atoms in total. The molecule has 2 N–H and O–H groups in total. The van der Waals surface area contributed by atoms with E-state index in [0.717, 1.165) is 11.3 Å². The molecule has 1 aliphatic rings. The quantitative estimate of drug-likeness (QED) is 0.891. The third-order valence-corrected chi connectivity index (χ3v) is 3.50. The van der Waals surface area contributed by atoms with E-state index < -0.39 is 5.97 Å². The van der Waals surface area contributed by atoms with Gasteiger partial charge in [-0.3, -0.25) is 9.78 Å². The van der Waals surface area contributed by atoms with Gasteiger partial charge in [-0.05, 0) is 30.2 Å². The predicted octanol–water partition coefficient (Wildman–Crippen LogP) is 1.53. The molecule has 2 aromatic heterocycles.